The first-order valence-electron chi connectivity index (χ1n) is 9.99. The van der Waals surface area contributed by atoms with E-state index in [1.165, 1.54) is 0 Å². The van der Waals surface area contributed by atoms with Gasteiger partial charge >= 0.3 is 0 Å². The maximum atomic E-state index is 12.4. The Bertz CT molecular complexity index is 1050. The molecule has 31 heavy (non-hydrogen) atoms. The number of nitrogens with one attached hydrogen (secondary N) is 2. The Morgan fingerprint density at radius 2 is 1.71 bits per heavy atom. The standard InChI is InChI=1S/C25H26N2O4/c1-17-12-13-22(23(14-17)30-3)31-16-24(28)26-18(2)20-10-7-11-21(15-20)27-25(29)19-8-5-4-6-9-19/h4-15,18H,16H2,1-3H3,(H,26,28)(H,27,29). The molecule has 3 aromatic carbocycles. The Balaban J connectivity index is 1.57. The predicted molar refractivity (Wildman–Crippen MR) is 121 cm³/mol. The number of rotatable bonds is 8. The van der Waals surface area contributed by atoms with Crippen molar-refractivity contribution in [2.75, 3.05) is 19.0 Å². The lowest BCUT2D eigenvalue weighted by Crippen LogP contribution is -2.31. The van der Waals surface area contributed by atoms with E-state index in [0.717, 1.165) is 11.1 Å². The Morgan fingerprint density at radius 3 is 2.45 bits per heavy atom. The molecular weight excluding hydrogens is 392 g/mol. The Labute approximate surface area is 182 Å². The highest BCUT2D eigenvalue weighted by atomic mass is 16.5. The number of anilines is 1. The van der Waals surface area contributed by atoms with Crippen LogP contribution in [0.15, 0.2) is 72.8 Å². The summed E-state index contributed by atoms with van der Waals surface area (Å²) in [4.78, 5) is 24.7. The van der Waals surface area contributed by atoms with Crippen LogP contribution in [0.3, 0.4) is 0 Å². The molecule has 0 spiro atoms. The van der Waals surface area contributed by atoms with E-state index >= 15 is 0 Å². The maximum absolute atomic E-state index is 12.4. The number of methoxy groups -OCH3 is 1. The van der Waals surface area contributed by atoms with Gasteiger partial charge in [-0.25, -0.2) is 0 Å². The normalized spacial score (nSPS) is 11.3. The molecular formula is C25H26N2O4. The molecule has 0 aliphatic heterocycles. The van der Waals surface area contributed by atoms with E-state index in [4.69, 9.17) is 9.47 Å². The van der Waals surface area contributed by atoms with Crippen molar-refractivity contribution in [2.24, 2.45) is 0 Å². The molecule has 0 radical (unpaired) electrons. The zero-order chi connectivity index (χ0) is 22.2. The van der Waals surface area contributed by atoms with Gasteiger partial charge in [0, 0.05) is 11.3 Å². The van der Waals surface area contributed by atoms with Gasteiger partial charge in [-0.15, -0.1) is 0 Å². The third kappa shape index (κ3) is 6.09. The number of carbonyl (C=O) groups is 2. The fourth-order valence-corrected chi connectivity index (χ4v) is 3.08. The second kappa shape index (κ2) is 10.3. The second-order valence-corrected chi connectivity index (χ2v) is 7.18. The minimum atomic E-state index is -0.260. The van der Waals surface area contributed by atoms with Gasteiger partial charge in [-0.3, -0.25) is 9.59 Å². The third-order valence-electron chi connectivity index (χ3n) is 4.74. The van der Waals surface area contributed by atoms with Gasteiger partial charge in [-0.2, -0.15) is 0 Å². The zero-order valence-corrected chi connectivity index (χ0v) is 17.8. The number of carbonyl (C=O) groups excluding carboxylic acids is 2. The van der Waals surface area contributed by atoms with E-state index in [9.17, 15) is 9.59 Å². The largest absolute Gasteiger partial charge is 0.493 e. The molecule has 0 fully saturated rings. The van der Waals surface area contributed by atoms with Crippen molar-refractivity contribution in [1.82, 2.24) is 5.32 Å². The lowest BCUT2D eigenvalue weighted by molar-refractivity contribution is -0.123. The van der Waals surface area contributed by atoms with Crippen LogP contribution in [-0.4, -0.2) is 25.5 Å². The van der Waals surface area contributed by atoms with Crippen LogP contribution in [0.5, 0.6) is 11.5 Å². The van der Waals surface area contributed by atoms with E-state index in [1.54, 1.807) is 25.3 Å². The summed E-state index contributed by atoms with van der Waals surface area (Å²) in [7, 11) is 1.56. The molecule has 1 atom stereocenters. The van der Waals surface area contributed by atoms with Crippen molar-refractivity contribution in [1.29, 1.82) is 0 Å². The first-order chi connectivity index (χ1) is 15.0. The summed E-state index contributed by atoms with van der Waals surface area (Å²) in [5.74, 6) is 0.660. The summed E-state index contributed by atoms with van der Waals surface area (Å²) in [5.41, 5.74) is 3.15. The maximum Gasteiger partial charge on any atom is 0.258 e. The highest BCUT2D eigenvalue weighted by Gasteiger charge is 2.13. The summed E-state index contributed by atoms with van der Waals surface area (Å²) < 4.78 is 10.9. The molecule has 0 aliphatic carbocycles. The molecule has 6 nitrogen and oxygen atoms in total. The highest BCUT2D eigenvalue weighted by Crippen LogP contribution is 2.27. The first kappa shape index (κ1) is 21.9. The molecule has 0 heterocycles. The van der Waals surface area contributed by atoms with Crippen LogP contribution in [-0.2, 0) is 4.79 Å². The number of aryl methyl sites for hydroxylation is 1. The van der Waals surface area contributed by atoms with Crippen molar-refractivity contribution in [3.63, 3.8) is 0 Å². The van der Waals surface area contributed by atoms with E-state index < -0.39 is 0 Å². The topological polar surface area (TPSA) is 76.7 Å². The molecule has 1 unspecified atom stereocenters. The van der Waals surface area contributed by atoms with Crippen LogP contribution in [0, 0.1) is 6.92 Å². The lowest BCUT2D eigenvalue weighted by Gasteiger charge is -2.17. The second-order valence-electron chi connectivity index (χ2n) is 7.18. The highest BCUT2D eigenvalue weighted by molar-refractivity contribution is 6.04. The van der Waals surface area contributed by atoms with Crippen molar-refractivity contribution in [2.45, 2.75) is 19.9 Å². The molecule has 2 N–H and O–H groups in total. The van der Waals surface area contributed by atoms with Crippen LogP contribution in [0.2, 0.25) is 0 Å². The number of hydrogen-bond acceptors (Lipinski definition) is 4. The van der Waals surface area contributed by atoms with Crippen molar-refractivity contribution in [3.05, 3.63) is 89.5 Å². The summed E-state index contributed by atoms with van der Waals surface area (Å²) in [6.45, 7) is 3.70. The lowest BCUT2D eigenvalue weighted by atomic mass is 10.1. The molecule has 3 aromatic rings. The van der Waals surface area contributed by atoms with Gasteiger partial charge in [0.25, 0.3) is 11.8 Å². The SMILES string of the molecule is COc1cc(C)ccc1OCC(=O)NC(C)c1cccc(NC(=O)c2ccccc2)c1. The van der Waals surface area contributed by atoms with Gasteiger partial charge < -0.3 is 20.1 Å². The number of amides is 2. The fourth-order valence-electron chi connectivity index (χ4n) is 3.08. The molecule has 0 aliphatic rings. The molecule has 0 saturated heterocycles. The molecule has 3 rings (SSSR count). The monoisotopic (exact) mass is 418 g/mol. The minimum absolute atomic E-state index is 0.131. The Hall–Kier alpha value is -3.80. The molecule has 0 bridgehead atoms. The van der Waals surface area contributed by atoms with Gasteiger partial charge in [0.1, 0.15) is 0 Å². The quantitative estimate of drug-likeness (QED) is 0.564. The first-order valence-corrected chi connectivity index (χ1v) is 9.99. The van der Waals surface area contributed by atoms with Gasteiger partial charge in [-0.1, -0.05) is 36.4 Å². The van der Waals surface area contributed by atoms with Crippen LogP contribution in [0.4, 0.5) is 5.69 Å². The Kier molecular flexibility index (Phi) is 7.27. The predicted octanol–water partition coefficient (Wildman–Crippen LogP) is 4.51. The summed E-state index contributed by atoms with van der Waals surface area (Å²) in [6, 6.07) is 21.7. The Morgan fingerprint density at radius 1 is 0.935 bits per heavy atom. The molecule has 6 heteroatoms. The smallest absolute Gasteiger partial charge is 0.258 e. The van der Waals surface area contributed by atoms with Crippen LogP contribution in [0.1, 0.15) is 34.5 Å². The van der Waals surface area contributed by atoms with Crippen molar-refractivity contribution in [3.8, 4) is 11.5 Å². The molecule has 2 amide bonds. The minimum Gasteiger partial charge on any atom is -0.493 e. The molecule has 0 aromatic heterocycles. The van der Waals surface area contributed by atoms with E-state index in [0.29, 0.717) is 22.7 Å². The van der Waals surface area contributed by atoms with Gasteiger partial charge in [0.05, 0.1) is 13.2 Å². The van der Waals surface area contributed by atoms with Crippen LogP contribution in [0.25, 0.3) is 0 Å². The molecule has 160 valence electrons. The summed E-state index contributed by atoms with van der Waals surface area (Å²) in [6.07, 6.45) is 0. The fraction of sp³-hybridized carbons (Fsp3) is 0.200. The summed E-state index contributed by atoms with van der Waals surface area (Å²) in [5, 5.41) is 5.79. The zero-order valence-electron chi connectivity index (χ0n) is 17.8. The van der Waals surface area contributed by atoms with Crippen LogP contribution < -0.4 is 20.1 Å². The average Bonchev–Trinajstić information content (AvgIpc) is 2.78. The van der Waals surface area contributed by atoms with Gasteiger partial charge in [0.15, 0.2) is 18.1 Å². The van der Waals surface area contributed by atoms with E-state index in [-0.39, 0.29) is 24.5 Å². The average molecular weight is 418 g/mol. The number of ether oxygens (including phenoxy) is 2. The number of benzene rings is 3. The van der Waals surface area contributed by atoms with Gasteiger partial charge in [-0.05, 0) is 61.4 Å². The van der Waals surface area contributed by atoms with Crippen molar-refractivity contribution < 1.29 is 19.1 Å². The van der Waals surface area contributed by atoms with E-state index in [2.05, 4.69) is 10.6 Å². The molecule has 0 saturated carbocycles. The van der Waals surface area contributed by atoms with Gasteiger partial charge in [0.2, 0.25) is 0 Å². The third-order valence-corrected chi connectivity index (χ3v) is 4.74. The van der Waals surface area contributed by atoms with Crippen LogP contribution >= 0.6 is 0 Å². The van der Waals surface area contributed by atoms with Crippen molar-refractivity contribution >= 4 is 17.5 Å². The summed E-state index contributed by atoms with van der Waals surface area (Å²) >= 11 is 0. The number of hydrogen-bond donors (Lipinski definition) is 2. The van der Waals surface area contributed by atoms with E-state index in [1.807, 2.05) is 68.4 Å².